The molecule has 0 aliphatic heterocycles. The molecule has 0 radical (unpaired) electrons. The summed E-state index contributed by atoms with van der Waals surface area (Å²) in [6, 6.07) is 3.59. The summed E-state index contributed by atoms with van der Waals surface area (Å²) in [7, 11) is 0. The van der Waals surface area contributed by atoms with Gasteiger partial charge in [-0.25, -0.2) is 4.98 Å². The highest BCUT2D eigenvalue weighted by Crippen LogP contribution is 2.19. The number of H-pyrrole nitrogens is 1. The Balaban J connectivity index is 2.16. The van der Waals surface area contributed by atoms with E-state index in [0.717, 1.165) is 36.9 Å². The number of furan rings is 1. The molecule has 1 aliphatic rings. The molecule has 16 heavy (non-hydrogen) atoms. The standard InChI is InChI=1S/C12H12N2O2/c15-12-8-4-1-2-5-9(8)13-11(14-12)10-6-3-7-16-10/h3,6-7H,1-2,4-5H2,(H,13,14,15). The molecule has 4 heteroatoms. The van der Waals surface area contributed by atoms with E-state index in [9.17, 15) is 4.79 Å². The van der Waals surface area contributed by atoms with Crippen molar-refractivity contribution in [2.24, 2.45) is 0 Å². The zero-order valence-corrected chi connectivity index (χ0v) is 8.82. The van der Waals surface area contributed by atoms with Gasteiger partial charge in [0.2, 0.25) is 0 Å². The summed E-state index contributed by atoms with van der Waals surface area (Å²) < 4.78 is 5.23. The summed E-state index contributed by atoms with van der Waals surface area (Å²) in [5, 5.41) is 0. The third kappa shape index (κ3) is 1.46. The van der Waals surface area contributed by atoms with Crippen molar-refractivity contribution < 1.29 is 4.42 Å². The molecule has 4 nitrogen and oxygen atoms in total. The van der Waals surface area contributed by atoms with Crippen LogP contribution in [-0.2, 0) is 12.8 Å². The molecule has 0 atom stereocenters. The van der Waals surface area contributed by atoms with E-state index in [-0.39, 0.29) is 5.56 Å². The molecule has 0 saturated heterocycles. The quantitative estimate of drug-likeness (QED) is 0.792. The van der Waals surface area contributed by atoms with Crippen molar-refractivity contribution in [2.75, 3.05) is 0 Å². The highest BCUT2D eigenvalue weighted by molar-refractivity contribution is 5.46. The molecule has 2 aromatic rings. The lowest BCUT2D eigenvalue weighted by atomic mass is 9.97. The summed E-state index contributed by atoms with van der Waals surface area (Å²) in [4.78, 5) is 19.1. The number of aromatic nitrogens is 2. The van der Waals surface area contributed by atoms with Gasteiger partial charge in [-0.1, -0.05) is 0 Å². The summed E-state index contributed by atoms with van der Waals surface area (Å²) in [6.45, 7) is 0. The summed E-state index contributed by atoms with van der Waals surface area (Å²) in [5.41, 5.74) is 1.76. The summed E-state index contributed by atoms with van der Waals surface area (Å²) in [6.07, 6.45) is 5.51. The van der Waals surface area contributed by atoms with Gasteiger partial charge >= 0.3 is 0 Å². The van der Waals surface area contributed by atoms with Crippen LogP contribution in [-0.4, -0.2) is 9.97 Å². The molecule has 0 saturated carbocycles. The molecule has 1 aliphatic carbocycles. The van der Waals surface area contributed by atoms with Gasteiger partial charge in [-0.05, 0) is 37.8 Å². The lowest BCUT2D eigenvalue weighted by molar-refractivity contribution is 0.574. The van der Waals surface area contributed by atoms with Crippen LogP contribution < -0.4 is 5.56 Å². The highest BCUT2D eigenvalue weighted by Gasteiger charge is 2.16. The first-order valence-electron chi connectivity index (χ1n) is 5.50. The third-order valence-corrected chi connectivity index (χ3v) is 2.95. The van der Waals surface area contributed by atoms with Crippen LogP contribution in [0.25, 0.3) is 11.6 Å². The van der Waals surface area contributed by atoms with Crippen molar-refractivity contribution >= 4 is 0 Å². The average Bonchev–Trinajstić information content (AvgIpc) is 2.82. The Bertz CT molecular complexity index is 555. The largest absolute Gasteiger partial charge is 0.461 e. The first-order valence-corrected chi connectivity index (χ1v) is 5.50. The van der Waals surface area contributed by atoms with E-state index in [0.29, 0.717) is 11.6 Å². The maximum Gasteiger partial charge on any atom is 0.254 e. The minimum Gasteiger partial charge on any atom is -0.461 e. The van der Waals surface area contributed by atoms with E-state index in [4.69, 9.17) is 4.42 Å². The smallest absolute Gasteiger partial charge is 0.254 e. The van der Waals surface area contributed by atoms with Gasteiger partial charge in [-0.15, -0.1) is 0 Å². The molecular weight excluding hydrogens is 204 g/mol. The number of fused-ring (bicyclic) bond motifs is 1. The van der Waals surface area contributed by atoms with Crippen LogP contribution in [0.2, 0.25) is 0 Å². The van der Waals surface area contributed by atoms with Crippen LogP contribution in [0, 0.1) is 0 Å². The number of aromatic amines is 1. The fourth-order valence-corrected chi connectivity index (χ4v) is 2.13. The minimum absolute atomic E-state index is 0.0175. The monoisotopic (exact) mass is 216 g/mol. The number of nitrogens with one attached hydrogen (secondary N) is 1. The average molecular weight is 216 g/mol. The molecule has 82 valence electrons. The van der Waals surface area contributed by atoms with Crippen molar-refractivity contribution in [3.05, 3.63) is 40.0 Å². The van der Waals surface area contributed by atoms with Crippen molar-refractivity contribution in [1.82, 2.24) is 9.97 Å². The Kier molecular flexibility index (Phi) is 2.13. The van der Waals surface area contributed by atoms with Crippen LogP contribution in [0.4, 0.5) is 0 Å². The van der Waals surface area contributed by atoms with Gasteiger partial charge in [0, 0.05) is 5.56 Å². The van der Waals surface area contributed by atoms with Gasteiger partial charge in [0.1, 0.15) is 0 Å². The van der Waals surface area contributed by atoms with E-state index in [1.165, 1.54) is 0 Å². The van der Waals surface area contributed by atoms with Crippen molar-refractivity contribution in [1.29, 1.82) is 0 Å². The van der Waals surface area contributed by atoms with E-state index in [2.05, 4.69) is 9.97 Å². The number of hydrogen-bond donors (Lipinski definition) is 1. The number of nitrogens with zero attached hydrogens (tertiary/aromatic N) is 1. The molecule has 2 heterocycles. The van der Waals surface area contributed by atoms with Crippen molar-refractivity contribution in [2.45, 2.75) is 25.7 Å². The fraction of sp³-hybridized carbons (Fsp3) is 0.333. The van der Waals surface area contributed by atoms with Crippen molar-refractivity contribution in [3.63, 3.8) is 0 Å². The predicted octanol–water partition coefficient (Wildman–Crippen LogP) is 1.91. The number of aryl methyl sites for hydroxylation is 1. The van der Waals surface area contributed by atoms with Gasteiger partial charge < -0.3 is 9.40 Å². The zero-order chi connectivity index (χ0) is 11.0. The van der Waals surface area contributed by atoms with E-state index in [1.807, 2.05) is 0 Å². The maximum absolute atomic E-state index is 11.8. The normalized spacial score (nSPS) is 14.8. The lowest BCUT2D eigenvalue weighted by Crippen LogP contribution is -2.21. The van der Waals surface area contributed by atoms with Gasteiger partial charge in [0.05, 0.1) is 12.0 Å². The van der Waals surface area contributed by atoms with Crippen LogP contribution in [0.1, 0.15) is 24.1 Å². The van der Waals surface area contributed by atoms with E-state index in [1.54, 1.807) is 18.4 Å². The van der Waals surface area contributed by atoms with E-state index < -0.39 is 0 Å². The fourth-order valence-electron chi connectivity index (χ4n) is 2.13. The highest BCUT2D eigenvalue weighted by atomic mass is 16.3. The van der Waals surface area contributed by atoms with Crippen LogP contribution in [0.15, 0.2) is 27.6 Å². The minimum atomic E-state index is -0.0175. The molecule has 0 spiro atoms. The molecule has 0 amide bonds. The lowest BCUT2D eigenvalue weighted by Gasteiger charge is -2.13. The second-order valence-electron chi connectivity index (χ2n) is 4.02. The van der Waals surface area contributed by atoms with Crippen LogP contribution in [0.3, 0.4) is 0 Å². The molecule has 0 fully saturated rings. The SMILES string of the molecule is O=c1[nH]c(-c2ccco2)nc2c1CCCC2. The van der Waals surface area contributed by atoms with Crippen LogP contribution >= 0.6 is 0 Å². The second kappa shape index (κ2) is 3.63. The topological polar surface area (TPSA) is 58.9 Å². The number of hydrogen-bond acceptors (Lipinski definition) is 3. The number of rotatable bonds is 1. The third-order valence-electron chi connectivity index (χ3n) is 2.95. The maximum atomic E-state index is 11.8. The molecule has 0 aromatic carbocycles. The Morgan fingerprint density at radius 2 is 2.19 bits per heavy atom. The summed E-state index contributed by atoms with van der Waals surface area (Å²) in [5.74, 6) is 1.15. The Labute approximate surface area is 92.3 Å². The Morgan fingerprint density at radius 3 is 3.00 bits per heavy atom. The van der Waals surface area contributed by atoms with E-state index >= 15 is 0 Å². The Morgan fingerprint density at radius 1 is 1.31 bits per heavy atom. The molecular formula is C12H12N2O2. The Hall–Kier alpha value is -1.84. The van der Waals surface area contributed by atoms with Crippen LogP contribution in [0.5, 0.6) is 0 Å². The second-order valence-corrected chi connectivity index (χ2v) is 4.02. The van der Waals surface area contributed by atoms with Gasteiger partial charge in [-0.3, -0.25) is 4.79 Å². The predicted molar refractivity (Wildman–Crippen MR) is 59.2 cm³/mol. The van der Waals surface area contributed by atoms with Gasteiger partial charge in [0.15, 0.2) is 11.6 Å². The van der Waals surface area contributed by atoms with Gasteiger partial charge in [0.25, 0.3) is 5.56 Å². The molecule has 2 aromatic heterocycles. The van der Waals surface area contributed by atoms with Gasteiger partial charge in [-0.2, -0.15) is 0 Å². The van der Waals surface area contributed by atoms with Crippen molar-refractivity contribution in [3.8, 4) is 11.6 Å². The molecule has 0 unspecified atom stereocenters. The molecule has 0 bridgehead atoms. The molecule has 1 N–H and O–H groups in total. The summed E-state index contributed by atoms with van der Waals surface area (Å²) >= 11 is 0. The first-order chi connectivity index (χ1) is 7.84. The molecule has 3 rings (SSSR count). The first kappa shape index (κ1) is 9.39. The zero-order valence-electron chi connectivity index (χ0n) is 8.82.